The van der Waals surface area contributed by atoms with E-state index < -0.39 is 11.6 Å². The van der Waals surface area contributed by atoms with Crippen molar-refractivity contribution in [3.63, 3.8) is 0 Å². The highest BCUT2D eigenvalue weighted by atomic mass is 19.2. The summed E-state index contributed by atoms with van der Waals surface area (Å²) in [5.74, 6) is -0.0346. The number of rotatable bonds is 4. The summed E-state index contributed by atoms with van der Waals surface area (Å²) in [6, 6.07) is 8.77. The molecule has 35 heavy (non-hydrogen) atoms. The fourth-order valence-corrected chi connectivity index (χ4v) is 4.91. The van der Waals surface area contributed by atoms with Gasteiger partial charge in [-0.15, -0.1) is 10.2 Å². The normalized spacial score (nSPS) is 16.5. The van der Waals surface area contributed by atoms with E-state index in [1.54, 1.807) is 12.4 Å². The number of pyridine rings is 1. The molecule has 1 aliphatic heterocycles. The molecule has 0 spiro atoms. The Morgan fingerprint density at radius 1 is 1.03 bits per heavy atom. The quantitative estimate of drug-likeness (QED) is 0.418. The average molecular weight is 473 g/mol. The summed E-state index contributed by atoms with van der Waals surface area (Å²) < 4.78 is 36.3. The van der Waals surface area contributed by atoms with Crippen LogP contribution in [0.4, 0.5) is 14.5 Å². The number of ether oxygens (including phenoxy) is 1. The molecule has 1 saturated heterocycles. The first kappa shape index (κ1) is 20.5. The zero-order valence-electron chi connectivity index (χ0n) is 18.7. The van der Waals surface area contributed by atoms with Crippen molar-refractivity contribution in [3.05, 3.63) is 60.3 Å². The number of hydrogen-bond donors (Lipinski definition) is 1. The van der Waals surface area contributed by atoms with E-state index in [1.165, 1.54) is 6.20 Å². The molecule has 0 amide bonds. The zero-order chi connectivity index (χ0) is 23.5. The van der Waals surface area contributed by atoms with E-state index >= 15 is 0 Å². The first-order chi connectivity index (χ1) is 17.2. The standard InChI is InChI=1S/C25H21F2N7O/c26-18-4-3-16-19(5-6-28-23(16)21(18)27)34-20-12-15(33-7-9-35-10-8-33)11-17(24-29-13-30-32-24)22(20)31-25(34)14-1-2-14/h3-6,11-14H,1-2,7-10H2,(H,29,30,32). The number of fused-ring (bicyclic) bond motifs is 2. The van der Waals surface area contributed by atoms with Crippen LogP contribution in [-0.4, -0.2) is 56.0 Å². The summed E-state index contributed by atoms with van der Waals surface area (Å²) in [7, 11) is 0. The Kier molecular flexibility index (Phi) is 4.56. The Hall–Kier alpha value is -3.92. The molecule has 176 valence electrons. The number of nitrogens with zero attached hydrogens (tertiary/aromatic N) is 6. The van der Waals surface area contributed by atoms with Gasteiger partial charge in [-0.05, 0) is 43.2 Å². The topological polar surface area (TPSA) is 84.8 Å². The Bertz CT molecular complexity index is 1570. The van der Waals surface area contributed by atoms with Crippen LogP contribution in [0.5, 0.6) is 0 Å². The van der Waals surface area contributed by atoms with Crippen LogP contribution < -0.4 is 4.90 Å². The number of aromatic amines is 1. The average Bonchev–Trinajstić information content (AvgIpc) is 3.45. The van der Waals surface area contributed by atoms with E-state index in [-0.39, 0.29) is 5.52 Å². The summed E-state index contributed by atoms with van der Waals surface area (Å²) in [6.45, 7) is 2.85. The van der Waals surface area contributed by atoms with Crippen molar-refractivity contribution in [3.8, 4) is 17.1 Å². The van der Waals surface area contributed by atoms with Gasteiger partial charge in [0.2, 0.25) is 0 Å². The Morgan fingerprint density at radius 2 is 1.89 bits per heavy atom. The molecule has 1 saturated carbocycles. The minimum atomic E-state index is -0.946. The molecule has 0 radical (unpaired) electrons. The third kappa shape index (κ3) is 3.28. The van der Waals surface area contributed by atoms with E-state index in [0.717, 1.165) is 65.8 Å². The molecule has 4 heterocycles. The molecular weight excluding hydrogens is 452 g/mol. The minimum Gasteiger partial charge on any atom is -0.378 e. The number of morpholine rings is 1. The summed E-state index contributed by atoms with van der Waals surface area (Å²) in [5, 5.41) is 8.78. The molecule has 0 bridgehead atoms. The second-order valence-corrected chi connectivity index (χ2v) is 8.97. The predicted molar refractivity (Wildman–Crippen MR) is 127 cm³/mol. The predicted octanol–water partition coefficient (Wildman–Crippen LogP) is 4.35. The van der Waals surface area contributed by atoms with Gasteiger partial charge < -0.3 is 14.6 Å². The van der Waals surface area contributed by atoms with Gasteiger partial charge in [0.25, 0.3) is 0 Å². The van der Waals surface area contributed by atoms with E-state index in [1.807, 2.05) is 6.07 Å². The highest BCUT2D eigenvalue weighted by molar-refractivity contribution is 5.97. The Balaban J connectivity index is 1.55. The van der Waals surface area contributed by atoms with Gasteiger partial charge in [0.15, 0.2) is 17.5 Å². The number of halogens is 2. The van der Waals surface area contributed by atoms with Crippen LogP contribution in [0, 0.1) is 11.6 Å². The molecule has 5 aromatic rings. The smallest absolute Gasteiger partial charge is 0.185 e. The second-order valence-electron chi connectivity index (χ2n) is 8.97. The van der Waals surface area contributed by atoms with Crippen molar-refractivity contribution in [1.82, 2.24) is 29.7 Å². The lowest BCUT2D eigenvalue weighted by atomic mass is 10.1. The molecule has 2 aliphatic rings. The molecule has 3 aromatic heterocycles. The summed E-state index contributed by atoms with van der Waals surface area (Å²) in [4.78, 5) is 14.6. The van der Waals surface area contributed by atoms with Crippen molar-refractivity contribution in [2.75, 3.05) is 31.2 Å². The SMILES string of the molecule is Fc1ccc2c(-n3c(C4CC4)nc4c(-c5nnc[nH]5)cc(N5CCOCC5)cc43)ccnc2c1F. The van der Waals surface area contributed by atoms with Crippen molar-refractivity contribution < 1.29 is 13.5 Å². The Morgan fingerprint density at radius 3 is 2.66 bits per heavy atom. The molecule has 1 aliphatic carbocycles. The summed E-state index contributed by atoms with van der Waals surface area (Å²) in [5.41, 5.74) is 4.25. The van der Waals surface area contributed by atoms with Crippen LogP contribution in [0.15, 0.2) is 42.9 Å². The lowest BCUT2D eigenvalue weighted by Gasteiger charge is -2.29. The van der Waals surface area contributed by atoms with Crippen LogP contribution >= 0.6 is 0 Å². The van der Waals surface area contributed by atoms with Gasteiger partial charge in [-0.2, -0.15) is 0 Å². The van der Waals surface area contributed by atoms with Crippen LogP contribution in [-0.2, 0) is 4.74 Å². The van der Waals surface area contributed by atoms with Crippen LogP contribution in [0.1, 0.15) is 24.6 Å². The second kappa shape index (κ2) is 7.81. The highest BCUT2D eigenvalue weighted by Gasteiger charge is 2.32. The molecule has 0 unspecified atom stereocenters. The third-order valence-corrected chi connectivity index (χ3v) is 6.78. The fourth-order valence-electron chi connectivity index (χ4n) is 4.91. The van der Waals surface area contributed by atoms with Gasteiger partial charge in [0, 0.05) is 41.8 Å². The molecular formula is C25H21F2N7O. The largest absolute Gasteiger partial charge is 0.378 e. The number of H-pyrrole nitrogens is 1. The lowest BCUT2D eigenvalue weighted by molar-refractivity contribution is 0.122. The maximum atomic E-state index is 14.7. The maximum absolute atomic E-state index is 14.7. The first-order valence-electron chi connectivity index (χ1n) is 11.7. The number of imidazole rings is 1. The van der Waals surface area contributed by atoms with Gasteiger partial charge in [-0.3, -0.25) is 9.55 Å². The van der Waals surface area contributed by atoms with E-state index in [9.17, 15) is 8.78 Å². The maximum Gasteiger partial charge on any atom is 0.185 e. The van der Waals surface area contributed by atoms with Crippen molar-refractivity contribution in [2.45, 2.75) is 18.8 Å². The number of nitrogens with one attached hydrogen (secondary N) is 1. The number of hydrogen-bond acceptors (Lipinski definition) is 6. The van der Waals surface area contributed by atoms with Gasteiger partial charge in [0.05, 0.1) is 24.4 Å². The van der Waals surface area contributed by atoms with Gasteiger partial charge in [-0.25, -0.2) is 13.8 Å². The third-order valence-electron chi connectivity index (χ3n) is 6.78. The molecule has 1 N–H and O–H groups in total. The monoisotopic (exact) mass is 473 g/mol. The molecule has 8 nitrogen and oxygen atoms in total. The zero-order valence-corrected chi connectivity index (χ0v) is 18.7. The number of benzene rings is 2. The van der Waals surface area contributed by atoms with Crippen molar-refractivity contribution in [1.29, 1.82) is 0 Å². The van der Waals surface area contributed by atoms with Crippen LogP contribution in [0.25, 0.3) is 39.0 Å². The van der Waals surface area contributed by atoms with Gasteiger partial charge >= 0.3 is 0 Å². The fraction of sp³-hybridized carbons (Fsp3) is 0.280. The number of anilines is 1. The van der Waals surface area contributed by atoms with E-state index in [4.69, 9.17) is 9.72 Å². The number of aromatic nitrogens is 6. The minimum absolute atomic E-state index is 0.00545. The first-order valence-corrected chi connectivity index (χ1v) is 11.7. The van der Waals surface area contributed by atoms with Crippen molar-refractivity contribution in [2.24, 2.45) is 0 Å². The summed E-state index contributed by atoms with van der Waals surface area (Å²) >= 11 is 0. The van der Waals surface area contributed by atoms with E-state index in [0.29, 0.717) is 30.3 Å². The van der Waals surface area contributed by atoms with Crippen LogP contribution in [0.2, 0.25) is 0 Å². The molecule has 7 rings (SSSR count). The highest BCUT2D eigenvalue weighted by Crippen LogP contribution is 2.44. The lowest BCUT2D eigenvalue weighted by Crippen LogP contribution is -2.36. The summed E-state index contributed by atoms with van der Waals surface area (Å²) in [6.07, 6.45) is 5.13. The molecule has 10 heteroatoms. The van der Waals surface area contributed by atoms with Crippen molar-refractivity contribution >= 4 is 27.6 Å². The Labute approximate surface area is 198 Å². The molecule has 0 atom stereocenters. The van der Waals surface area contributed by atoms with E-state index in [2.05, 4.69) is 41.8 Å². The van der Waals surface area contributed by atoms with Crippen LogP contribution in [0.3, 0.4) is 0 Å². The van der Waals surface area contributed by atoms with Gasteiger partial charge in [0.1, 0.15) is 23.2 Å². The van der Waals surface area contributed by atoms with Gasteiger partial charge in [-0.1, -0.05) is 0 Å². The molecule has 2 fully saturated rings. The molecule has 2 aromatic carbocycles.